The van der Waals surface area contributed by atoms with Gasteiger partial charge in [0.05, 0.1) is 0 Å². The van der Waals surface area contributed by atoms with E-state index in [9.17, 15) is 4.39 Å². The van der Waals surface area contributed by atoms with Crippen LogP contribution < -0.4 is 0 Å². The number of hydrogen-bond acceptors (Lipinski definition) is 0. The van der Waals surface area contributed by atoms with Crippen LogP contribution in [0.5, 0.6) is 0 Å². The average molecular weight is 172 g/mol. The van der Waals surface area contributed by atoms with Gasteiger partial charge >= 0.3 is 0 Å². The lowest BCUT2D eigenvalue weighted by atomic mass is 9.66. The first-order valence-corrected chi connectivity index (χ1v) is 4.84. The van der Waals surface area contributed by atoms with Gasteiger partial charge in [-0.25, -0.2) is 4.39 Å². The van der Waals surface area contributed by atoms with E-state index >= 15 is 0 Å². The maximum atomic E-state index is 12.4. The first-order valence-electron chi connectivity index (χ1n) is 4.84. The summed E-state index contributed by atoms with van der Waals surface area (Å²) in [6.07, 6.45) is 7.92. The fraction of sp³-hybridized carbons (Fsp3) is 0.818. The highest BCUT2D eigenvalue weighted by atomic mass is 19.1. The maximum Gasteiger partial charge on any atom is 0.103 e. The SMILES string of the molecule is C#CC1(CCC)CC(F)C1.CC.[HH]. The van der Waals surface area contributed by atoms with Gasteiger partial charge in [-0.05, 0) is 19.3 Å². The Bertz CT molecular complexity index is 148. The molecule has 12 heavy (non-hydrogen) atoms. The van der Waals surface area contributed by atoms with Crippen molar-refractivity contribution in [3.05, 3.63) is 0 Å². The highest BCUT2D eigenvalue weighted by Crippen LogP contribution is 2.45. The van der Waals surface area contributed by atoms with Gasteiger partial charge in [0, 0.05) is 6.84 Å². The highest BCUT2D eigenvalue weighted by Gasteiger charge is 2.42. The van der Waals surface area contributed by atoms with Crippen LogP contribution in [-0.4, -0.2) is 6.17 Å². The topological polar surface area (TPSA) is 0 Å². The van der Waals surface area contributed by atoms with Crippen LogP contribution in [0.4, 0.5) is 4.39 Å². The van der Waals surface area contributed by atoms with Crippen LogP contribution >= 0.6 is 0 Å². The van der Waals surface area contributed by atoms with Crippen molar-refractivity contribution in [1.29, 1.82) is 0 Å². The van der Waals surface area contributed by atoms with E-state index in [1.165, 1.54) is 0 Å². The van der Waals surface area contributed by atoms with Crippen molar-refractivity contribution in [2.24, 2.45) is 5.41 Å². The molecule has 72 valence electrons. The molecule has 0 spiro atoms. The summed E-state index contributed by atoms with van der Waals surface area (Å²) in [5, 5.41) is 0. The minimum absolute atomic E-state index is 0. The zero-order chi connectivity index (χ0) is 9.61. The summed E-state index contributed by atoms with van der Waals surface area (Å²) >= 11 is 0. The fourth-order valence-electron chi connectivity index (χ4n) is 1.66. The molecule has 0 unspecified atom stereocenters. The van der Waals surface area contributed by atoms with E-state index in [2.05, 4.69) is 12.8 Å². The molecule has 0 radical (unpaired) electrons. The van der Waals surface area contributed by atoms with Crippen LogP contribution in [0.15, 0.2) is 0 Å². The molecule has 1 rings (SSSR count). The van der Waals surface area contributed by atoms with Crippen molar-refractivity contribution >= 4 is 0 Å². The van der Waals surface area contributed by atoms with Gasteiger partial charge in [-0.2, -0.15) is 0 Å². The third-order valence-corrected chi connectivity index (χ3v) is 2.26. The Balaban J connectivity index is 0. The number of terminal acetylenes is 1. The Morgan fingerprint density at radius 2 is 2.08 bits per heavy atom. The summed E-state index contributed by atoms with van der Waals surface area (Å²) < 4.78 is 12.4. The number of alkyl halides is 1. The smallest absolute Gasteiger partial charge is 0.103 e. The molecule has 0 saturated heterocycles. The Morgan fingerprint density at radius 3 is 2.33 bits per heavy atom. The van der Waals surface area contributed by atoms with E-state index in [1.54, 1.807) is 0 Å². The Morgan fingerprint density at radius 1 is 1.58 bits per heavy atom. The number of halogens is 1. The van der Waals surface area contributed by atoms with Gasteiger partial charge in [0.15, 0.2) is 0 Å². The lowest BCUT2D eigenvalue weighted by Crippen LogP contribution is -2.37. The standard InChI is InChI=1S/C9H13F.C2H6.H2/c1-3-5-9(4-2)6-8(10)7-9;1-2;/h2,8H,3,5-7H2,1H3;1-2H3;1H. The van der Waals surface area contributed by atoms with Gasteiger partial charge in [0.2, 0.25) is 0 Å². The molecule has 0 atom stereocenters. The first kappa shape index (κ1) is 11.5. The summed E-state index contributed by atoms with van der Waals surface area (Å²) in [6.45, 7) is 6.09. The van der Waals surface area contributed by atoms with Gasteiger partial charge in [-0.3, -0.25) is 0 Å². The first-order chi connectivity index (χ1) is 5.72. The zero-order valence-electron chi connectivity index (χ0n) is 8.36. The summed E-state index contributed by atoms with van der Waals surface area (Å²) in [5.41, 5.74) is -0.0613. The van der Waals surface area contributed by atoms with Crippen LogP contribution in [-0.2, 0) is 0 Å². The van der Waals surface area contributed by atoms with Crippen LogP contribution in [0.2, 0.25) is 0 Å². The molecule has 0 aromatic rings. The van der Waals surface area contributed by atoms with Gasteiger partial charge in [-0.15, -0.1) is 6.42 Å². The van der Waals surface area contributed by atoms with Crippen LogP contribution in [0.1, 0.15) is 47.9 Å². The van der Waals surface area contributed by atoms with E-state index < -0.39 is 6.17 Å². The van der Waals surface area contributed by atoms with Gasteiger partial charge in [0.25, 0.3) is 0 Å². The average Bonchev–Trinajstić information content (AvgIpc) is 2.05. The minimum Gasteiger partial charge on any atom is -0.247 e. The lowest BCUT2D eigenvalue weighted by Gasteiger charge is -2.39. The van der Waals surface area contributed by atoms with Crippen LogP contribution in [0, 0.1) is 17.8 Å². The lowest BCUT2D eigenvalue weighted by molar-refractivity contribution is 0.0682. The van der Waals surface area contributed by atoms with Crippen molar-refractivity contribution in [2.75, 3.05) is 0 Å². The molecule has 0 nitrogen and oxygen atoms in total. The summed E-state index contributed by atoms with van der Waals surface area (Å²) in [7, 11) is 0. The van der Waals surface area contributed by atoms with E-state index in [-0.39, 0.29) is 6.84 Å². The molecule has 1 fully saturated rings. The molecule has 1 heteroatoms. The Labute approximate surface area is 77.0 Å². The molecule has 0 aromatic carbocycles. The Kier molecular flexibility index (Phi) is 4.97. The molecule has 0 aromatic heterocycles. The van der Waals surface area contributed by atoms with Crippen molar-refractivity contribution < 1.29 is 5.82 Å². The quantitative estimate of drug-likeness (QED) is 0.556. The Hall–Kier alpha value is -0.510. The summed E-state index contributed by atoms with van der Waals surface area (Å²) in [6, 6.07) is 0. The van der Waals surface area contributed by atoms with Gasteiger partial charge in [-0.1, -0.05) is 33.1 Å². The predicted octanol–water partition coefficient (Wildman–Crippen LogP) is 3.81. The van der Waals surface area contributed by atoms with E-state index in [0.29, 0.717) is 12.8 Å². The molecule has 1 saturated carbocycles. The molecule has 0 aliphatic heterocycles. The third-order valence-electron chi connectivity index (χ3n) is 2.26. The van der Waals surface area contributed by atoms with Gasteiger partial charge < -0.3 is 0 Å². The second-order valence-electron chi connectivity index (χ2n) is 3.18. The normalized spacial score (nSPS) is 32.4. The minimum atomic E-state index is -0.623. The molecule has 1 aliphatic carbocycles. The number of hydrogen-bond donors (Lipinski definition) is 0. The second kappa shape index (κ2) is 5.19. The molecule has 0 amide bonds. The van der Waals surface area contributed by atoms with Crippen LogP contribution in [0.25, 0.3) is 0 Å². The third kappa shape index (κ3) is 2.52. The van der Waals surface area contributed by atoms with Crippen molar-refractivity contribution in [3.8, 4) is 12.3 Å². The van der Waals surface area contributed by atoms with Crippen molar-refractivity contribution in [1.82, 2.24) is 0 Å². The fourth-order valence-corrected chi connectivity index (χ4v) is 1.66. The zero-order valence-corrected chi connectivity index (χ0v) is 8.36. The molecule has 0 N–H and O–H groups in total. The predicted molar refractivity (Wildman–Crippen MR) is 53.8 cm³/mol. The van der Waals surface area contributed by atoms with Gasteiger partial charge in [0.1, 0.15) is 6.17 Å². The second-order valence-corrected chi connectivity index (χ2v) is 3.18. The van der Waals surface area contributed by atoms with E-state index in [0.717, 1.165) is 12.8 Å². The van der Waals surface area contributed by atoms with E-state index in [1.807, 2.05) is 13.8 Å². The molecular formula is C11H21F. The van der Waals surface area contributed by atoms with E-state index in [4.69, 9.17) is 6.42 Å². The van der Waals surface area contributed by atoms with Crippen LogP contribution in [0.3, 0.4) is 0 Å². The monoisotopic (exact) mass is 172 g/mol. The molecule has 0 heterocycles. The molecule has 1 aliphatic rings. The highest BCUT2D eigenvalue weighted by molar-refractivity contribution is 5.12. The summed E-state index contributed by atoms with van der Waals surface area (Å²) in [5.74, 6) is 2.71. The van der Waals surface area contributed by atoms with Crippen molar-refractivity contribution in [3.63, 3.8) is 0 Å². The maximum absolute atomic E-state index is 12.4. The molecular weight excluding hydrogens is 151 g/mol. The van der Waals surface area contributed by atoms with Crippen molar-refractivity contribution in [2.45, 2.75) is 52.6 Å². The largest absolute Gasteiger partial charge is 0.247 e. The number of rotatable bonds is 2. The molecule has 0 bridgehead atoms. The summed E-state index contributed by atoms with van der Waals surface area (Å²) in [4.78, 5) is 0.